The molecule has 0 atom stereocenters. The fourth-order valence-corrected chi connectivity index (χ4v) is 3.44. The highest BCUT2D eigenvalue weighted by Crippen LogP contribution is 2.41. The van der Waals surface area contributed by atoms with Crippen LogP contribution in [-0.4, -0.2) is 53.6 Å². The van der Waals surface area contributed by atoms with E-state index in [4.69, 9.17) is 4.74 Å². The van der Waals surface area contributed by atoms with Gasteiger partial charge in [-0.15, -0.1) is 0 Å². The van der Waals surface area contributed by atoms with Crippen molar-refractivity contribution in [2.75, 3.05) is 26.2 Å². The van der Waals surface area contributed by atoms with Crippen LogP contribution < -0.4 is 0 Å². The van der Waals surface area contributed by atoms with Gasteiger partial charge in [-0.3, -0.25) is 4.79 Å². The minimum atomic E-state index is -0.432. The highest BCUT2D eigenvalue weighted by molar-refractivity contribution is 5.75. The van der Waals surface area contributed by atoms with E-state index in [0.29, 0.717) is 11.8 Å². The van der Waals surface area contributed by atoms with E-state index in [-0.39, 0.29) is 12.0 Å². The zero-order valence-electron chi connectivity index (χ0n) is 14.5. The van der Waals surface area contributed by atoms with Gasteiger partial charge in [0.05, 0.1) is 0 Å². The lowest BCUT2D eigenvalue weighted by Crippen LogP contribution is -2.50. The molecule has 0 aromatic carbocycles. The smallest absolute Gasteiger partial charge is 0.410 e. The minimum absolute atomic E-state index is 0.194. The third-order valence-electron chi connectivity index (χ3n) is 4.96. The van der Waals surface area contributed by atoms with E-state index in [9.17, 15) is 9.59 Å². The first-order valence-corrected chi connectivity index (χ1v) is 8.50. The summed E-state index contributed by atoms with van der Waals surface area (Å²) in [4.78, 5) is 27.7. The third kappa shape index (κ3) is 4.14. The number of carbonyl (C=O) groups excluding carboxylic acids is 2. The first-order valence-electron chi connectivity index (χ1n) is 8.50. The fraction of sp³-hybridized carbons (Fsp3) is 0.882. The van der Waals surface area contributed by atoms with Gasteiger partial charge in [-0.1, -0.05) is 6.92 Å². The van der Waals surface area contributed by atoms with Crippen LogP contribution in [0, 0.1) is 5.41 Å². The van der Waals surface area contributed by atoms with Crippen molar-refractivity contribution in [3.63, 3.8) is 0 Å². The molecular weight excluding hydrogens is 280 g/mol. The summed E-state index contributed by atoms with van der Waals surface area (Å²) < 4.78 is 5.45. The Morgan fingerprint density at radius 1 is 0.955 bits per heavy atom. The van der Waals surface area contributed by atoms with E-state index in [1.807, 2.05) is 37.5 Å². The van der Waals surface area contributed by atoms with Gasteiger partial charge in [0.2, 0.25) is 5.91 Å². The molecule has 0 N–H and O–H groups in total. The Kier molecular flexibility index (Phi) is 5.03. The molecular formula is C17H30N2O3. The summed E-state index contributed by atoms with van der Waals surface area (Å²) in [5.41, 5.74) is -0.110. The van der Waals surface area contributed by atoms with Crippen LogP contribution in [0.4, 0.5) is 4.79 Å². The summed E-state index contributed by atoms with van der Waals surface area (Å²) >= 11 is 0. The molecule has 0 aliphatic carbocycles. The lowest BCUT2D eigenvalue weighted by atomic mass is 9.71. The molecule has 0 bridgehead atoms. The van der Waals surface area contributed by atoms with Crippen molar-refractivity contribution in [3.8, 4) is 0 Å². The summed E-state index contributed by atoms with van der Waals surface area (Å²) in [6.45, 7) is 10.9. The quantitative estimate of drug-likeness (QED) is 0.748. The van der Waals surface area contributed by atoms with Crippen molar-refractivity contribution < 1.29 is 14.3 Å². The van der Waals surface area contributed by atoms with Crippen LogP contribution in [0.2, 0.25) is 0 Å². The Hall–Kier alpha value is -1.26. The van der Waals surface area contributed by atoms with Crippen LogP contribution in [0.25, 0.3) is 0 Å². The molecule has 0 radical (unpaired) electrons. The van der Waals surface area contributed by atoms with Gasteiger partial charge in [-0.2, -0.15) is 0 Å². The minimum Gasteiger partial charge on any atom is -0.444 e. The Balaban J connectivity index is 1.83. The van der Waals surface area contributed by atoms with E-state index < -0.39 is 5.60 Å². The van der Waals surface area contributed by atoms with E-state index in [0.717, 1.165) is 51.9 Å². The average Bonchev–Trinajstić information content (AvgIpc) is 2.46. The maximum absolute atomic E-state index is 12.1. The van der Waals surface area contributed by atoms with Gasteiger partial charge in [0.1, 0.15) is 5.60 Å². The number of rotatable bonds is 1. The number of nitrogens with zero attached hydrogens (tertiary/aromatic N) is 2. The lowest BCUT2D eigenvalue weighted by Gasteiger charge is -2.46. The Morgan fingerprint density at radius 2 is 1.41 bits per heavy atom. The van der Waals surface area contributed by atoms with Gasteiger partial charge < -0.3 is 14.5 Å². The summed E-state index contributed by atoms with van der Waals surface area (Å²) in [6, 6.07) is 0. The predicted octanol–water partition coefficient (Wildman–Crippen LogP) is 3.04. The van der Waals surface area contributed by atoms with Crippen LogP contribution in [0.3, 0.4) is 0 Å². The Labute approximate surface area is 134 Å². The number of carbonyl (C=O) groups is 2. The highest BCUT2D eigenvalue weighted by atomic mass is 16.6. The van der Waals surface area contributed by atoms with Gasteiger partial charge in [0.25, 0.3) is 0 Å². The molecule has 2 amide bonds. The van der Waals surface area contributed by atoms with Gasteiger partial charge in [0.15, 0.2) is 0 Å². The van der Waals surface area contributed by atoms with Crippen LogP contribution in [0.15, 0.2) is 0 Å². The predicted molar refractivity (Wildman–Crippen MR) is 85.6 cm³/mol. The number of piperidine rings is 2. The molecule has 2 aliphatic heterocycles. The molecule has 126 valence electrons. The first-order chi connectivity index (χ1) is 10.2. The number of ether oxygens (including phenoxy) is 1. The van der Waals surface area contributed by atoms with Crippen molar-refractivity contribution in [3.05, 3.63) is 0 Å². The number of hydrogen-bond donors (Lipinski definition) is 0. The standard InChI is InChI=1S/C17H30N2O3/c1-5-14(20)18-10-6-17(7-11-18)8-12-19(13-9-17)15(21)22-16(2,3)4/h5-13H2,1-4H3. The van der Waals surface area contributed by atoms with Crippen molar-refractivity contribution in [2.45, 2.75) is 65.4 Å². The molecule has 2 saturated heterocycles. The van der Waals surface area contributed by atoms with Crippen molar-refractivity contribution >= 4 is 12.0 Å². The van der Waals surface area contributed by atoms with Crippen LogP contribution >= 0.6 is 0 Å². The molecule has 2 rings (SSSR count). The second kappa shape index (κ2) is 6.47. The van der Waals surface area contributed by atoms with Gasteiger partial charge >= 0.3 is 6.09 Å². The first kappa shape index (κ1) is 17.1. The highest BCUT2D eigenvalue weighted by Gasteiger charge is 2.39. The Bertz CT molecular complexity index is 410. The van der Waals surface area contributed by atoms with Crippen molar-refractivity contribution in [2.24, 2.45) is 5.41 Å². The molecule has 2 aliphatic rings. The largest absolute Gasteiger partial charge is 0.444 e. The van der Waals surface area contributed by atoms with E-state index in [1.54, 1.807) is 0 Å². The van der Waals surface area contributed by atoms with E-state index in [1.165, 1.54) is 0 Å². The monoisotopic (exact) mass is 310 g/mol. The molecule has 5 nitrogen and oxygen atoms in total. The topological polar surface area (TPSA) is 49.9 Å². The fourth-order valence-electron chi connectivity index (χ4n) is 3.44. The summed E-state index contributed by atoms with van der Waals surface area (Å²) in [6.07, 6.45) is 4.60. The van der Waals surface area contributed by atoms with E-state index >= 15 is 0 Å². The van der Waals surface area contributed by atoms with Crippen LogP contribution in [-0.2, 0) is 9.53 Å². The zero-order valence-corrected chi connectivity index (χ0v) is 14.5. The SMILES string of the molecule is CCC(=O)N1CCC2(CC1)CCN(C(=O)OC(C)(C)C)CC2. The van der Waals surface area contributed by atoms with Crippen LogP contribution in [0.1, 0.15) is 59.8 Å². The summed E-state index contributed by atoms with van der Waals surface area (Å²) in [5.74, 6) is 0.265. The van der Waals surface area contributed by atoms with Crippen molar-refractivity contribution in [1.29, 1.82) is 0 Å². The normalized spacial score (nSPS) is 21.8. The number of amides is 2. The maximum Gasteiger partial charge on any atom is 0.410 e. The molecule has 2 fully saturated rings. The molecule has 0 aromatic heterocycles. The molecule has 2 heterocycles. The Morgan fingerprint density at radius 3 is 1.82 bits per heavy atom. The molecule has 22 heavy (non-hydrogen) atoms. The summed E-state index contributed by atoms with van der Waals surface area (Å²) in [5, 5.41) is 0. The van der Waals surface area contributed by atoms with Gasteiger partial charge in [0, 0.05) is 32.6 Å². The summed E-state index contributed by atoms with van der Waals surface area (Å²) in [7, 11) is 0. The third-order valence-corrected chi connectivity index (χ3v) is 4.96. The van der Waals surface area contributed by atoms with Gasteiger partial charge in [-0.25, -0.2) is 4.79 Å². The second-order valence-electron chi connectivity index (χ2n) is 7.70. The number of hydrogen-bond acceptors (Lipinski definition) is 3. The zero-order chi connectivity index (χ0) is 16.4. The maximum atomic E-state index is 12.1. The molecule has 1 spiro atoms. The molecule has 0 unspecified atom stereocenters. The average molecular weight is 310 g/mol. The molecule has 5 heteroatoms. The number of likely N-dealkylation sites (tertiary alicyclic amines) is 2. The van der Waals surface area contributed by atoms with Crippen molar-refractivity contribution in [1.82, 2.24) is 9.80 Å². The van der Waals surface area contributed by atoms with Gasteiger partial charge in [-0.05, 0) is 51.9 Å². The molecule has 0 aromatic rings. The molecule has 0 saturated carbocycles. The second-order valence-corrected chi connectivity index (χ2v) is 7.70. The van der Waals surface area contributed by atoms with E-state index in [2.05, 4.69) is 0 Å². The lowest BCUT2D eigenvalue weighted by molar-refractivity contribution is -0.133. The van der Waals surface area contributed by atoms with Crippen LogP contribution in [0.5, 0.6) is 0 Å².